The van der Waals surface area contributed by atoms with E-state index in [1.165, 1.54) is 27.4 Å². The standard InChI is InChI=1S/C9H9N.C8H7N/c1-7-3-2-4-8-5-6-10-9(7)8;1-2-4-8-7(3-1)5-6-9-8/h2-6,10H,1H3;1-6,9H. The zero-order valence-electron chi connectivity index (χ0n) is 10.9. The van der Waals surface area contributed by atoms with Crippen LogP contribution in [-0.2, 0) is 0 Å². The maximum absolute atomic E-state index is 3.19. The van der Waals surface area contributed by atoms with E-state index in [4.69, 9.17) is 0 Å². The molecule has 4 rings (SSSR count). The van der Waals surface area contributed by atoms with Gasteiger partial charge in [-0.2, -0.15) is 0 Å². The topological polar surface area (TPSA) is 31.6 Å². The smallest absolute Gasteiger partial charge is 0.0483 e. The second-order valence-electron chi connectivity index (χ2n) is 4.58. The number of para-hydroxylation sites is 2. The van der Waals surface area contributed by atoms with Gasteiger partial charge in [0.1, 0.15) is 0 Å². The molecule has 0 saturated heterocycles. The van der Waals surface area contributed by atoms with E-state index >= 15 is 0 Å². The summed E-state index contributed by atoms with van der Waals surface area (Å²) in [5, 5.41) is 2.57. The Balaban J connectivity index is 0.000000117. The SMILES string of the molecule is Cc1cccc2cc[nH]c12.c1ccc2[nH]ccc2c1. The van der Waals surface area contributed by atoms with E-state index in [-0.39, 0.29) is 0 Å². The summed E-state index contributed by atoms with van der Waals surface area (Å²) in [4.78, 5) is 6.31. The van der Waals surface area contributed by atoms with E-state index in [0.717, 1.165) is 0 Å². The van der Waals surface area contributed by atoms with Crippen LogP contribution in [0.1, 0.15) is 5.56 Å². The molecule has 0 aliphatic rings. The van der Waals surface area contributed by atoms with Crippen molar-refractivity contribution in [2.45, 2.75) is 6.92 Å². The minimum atomic E-state index is 1.21. The Kier molecular flexibility index (Phi) is 3.07. The number of fused-ring (bicyclic) bond motifs is 2. The number of aromatic nitrogens is 2. The molecule has 0 bridgehead atoms. The van der Waals surface area contributed by atoms with E-state index in [1.807, 2.05) is 24.5 Å². The number of H-pyrrole nitrogens is 2. The van der Waals surface area contributed by atoms with Crippen LogP contribution in [0, 0.1) is 6.92 Å². The predicted octanol–water partition coefficient (Wildman–Crippen LogP) is 4.64. The van der Waals surface area contributed by atoms with Crippen molar-refractivity contribution in [1.82, 2.24) is 9.97 Å². The third-order valence-corrected chi connectivity index (χ3v) is 3.26. The molecular formula is C17H16N2. The van der Waals surface area contributed by atoms with Crippen molar-refractivity contribution in [1.29, 1.82) is 0 Å². The molecule has 0 aliphatic heterocycles. The lowest BCUT2D eigenvalue weighted by Gasteiger charge is -1.92. The molecule has 2 aromatic carbocycles. The average Bonchev–Trinajstić information content (AvgIpc) is 3.08. The number of benzene rings is 2. The maximum Gasteiger partial charge on any atom is 0.0483 e. The number of aromatic amines is 2. The fraction of sp³-hybridized carbons (Fsp3) is 0.0588. The van der Waals surface area contributed by atoms with E-state index in [0.29, 0.717) is 0 Å². The van der Waals surface area contributed by atoms with Crippen LogP contribution in [-0.4, -0.2) is 9.97 Å². The lowest BCUT2D eigenvalue weighted by molar-refractivity contribution is 1.42. The van der Waals surface area contributed by atoms with Crippen LogP contribution < -0.4 is 0 Å². The fourth-order valence-corrected chi connectivity index (χ4v) is 2.24. The maximum atomic E-state index is 3.19. The summed E-state index contributed by atoms with van der Waals surface area (Å²) in [5.74, 6) is 0. The first-order chi connectivity index (χ1) is 9.34. The Bertz CT molecular complexity index is 763. The number of nitrogens with one attached hydrogen (secondary N) is 2. The molecule has 0 spiro atoms. The van der Waals surface area contributed by atoms with Crippen molar-refractivity contribution < 1.29 is 0 Å². The van der Waals surface area contributed by atoms with Crippen LogP contribution in [0.25, 0.3) is 21.8 Å². The van der Waals surface area contributed by atoms with Crippen LogP contribution in [0.5, 0.6) is 0 Å². The zero-order chi connectivity index (χ0) is 13.1. The van der Waals surface area contributed by atoms with Crippen LogP contribution in [0.4, 0.5) is 0 Å². The third kappa shape index (κ3) is 2.38. The second-order valence-corrected chi connectivity index (χ2v) is 4.58. The average molecular weight is 248 g/mol. The van der Waals surface area contributed by atoms with Gasteiger partial charge >= 0.3 is 0 Å². The van der Waals surface area contributed by atoms with E-state index in [9.17, 15) is 0 Å². The number of aryl methyl sites for hydroxylation is 1. The minimum absolute atomic E-state index is 1.21. The number of rotatable bonds is 0. The summed E-state index contributed by atoms with van der Waals surface area (Å²) in [6.45, 7) is 2.11. The van der Waals surface area contributed by atoms with Gasteiger partial charge in [0.05, 0.1) is 0 Å². The molecule has 0 aliphatic carbocycles. The number of hydrogen-bond acceptors (Lipinski definition) is 0. The van der Waals surface area contributed by atoms with Crippen LogP contribution in [0.2, 0.25) is 0 Å². The number of hydrogen-bond donors (Lipinski definition) is 2. The molecule has 0 saturated carbocycles. The molecule has 0 atom stereocenters. The lowest BCUT2D eigenvalue weighted by atomic mass is 10.2. The fourth-order valence-electron chi connectivity index (χ4n) is 2.24. The van der Waals surface area contributed by atoms with Gasteiger partial charge in [0.15, 0.2) is 0 Å². The Morgan fingerprint density at radius 1 is 0.684 bits per heavy atom. The molecule has 2 heterocycles. The highest BCUT2D eigenvalue weighted by Gasteiger charge is 1.93. The molecule has 0 amide bonds. The first-order valence-electron chi connectivity index (χ1n) is 6.39. The normalized spacial score (nSPS) is 10.4. The van der Waals surface area contributed by atoms with Crippen molar-refractivity contribution in [2.75, 3.05) is 0 Å². The monoisotopic (exact) mass is 248 g/mol. The highest BCUT2D eigenvalue weighted by molar-refractivity contribution is 5.82. The molecule has 19 heavy (non-hydrogen) atoms. The van der Waals surface area contributed by atoms with Gasteiger partial charge in [-0.25, -0.2) is 0 Å². The largest absolute Gasteiger partial charge is 0.361 e. The van der Waals surface area contributed by atoms with Crippen molar-refractivity contribution in [3.8, 4) is 0 Å². The summed E-state index contributed by atoms with van der Waals surface area (Å²) in [6.07, 6.45) is 3.92. The molecule has 94 valence electrons. The van der Waals surface area contributed by atoms with Crippen molar-refractivity contribution in [3.63, 3.8) is 0 Å². The van der Waals surface area contributed by atoms with E-state index in [2.05, 4.69) is 59.4 Å². The van der Waals surface area contributed by atoms with Crippen LogP contribution in [0.15, 0.2) is 67.0 Å². The van der Waals surface area contributed by atoms with E-state index < -0.39 is 0 Å². The van der Waals surface area contributed by atoms with Gasteiger partial charge in [-0.3, -0.25) is 0 Å². The van der Waals surface area contributed by atoms with Gasteiger partial charge in [0, 0.05) is 23.4 Å². The highest BCUT2D eigenvalue weighted by Crippen LogP contribution is 2.14. The second kappa shape index (κ2) is 5.02. The molecule has 2 N–H and O–H groups in total. The molecule has 4 aromatic rings. The summed E-state index contributed by atoms with van der Waals surface area (Å²) in [5.41, 5.74) is 3.77. The Morgan fingerprint density at radius 2 is 1.42 bits per heavy atom. The molecule has 0 fully saturated rings. The molecule has 2 heteroatoms. The summed E-state index contributed by atoms with van der Waals surface area (Å²) in [7, 11) is 0. The third-order valence-electron chi connectivity index (χ3n) is 3.26. The van der Waals surface area contributed by atoms with Gasteiger partial charge in [-0.15, -0.1) is 0 Å². The quantitative estimate of drug-likeness (QED) is 0.454. The zero-order valence-corrected chi connectivity index (χ0v) is 10.9. The van der Waals surface area contributed by atoms with Crippen molar-refractivity contribution in [3.05, 3.63) is 72.6 Å². The highest BCUT2D eigenvalue weighted by atomic mass is 14.7. The van der Waals surface area contributed by atoms with Crippen molar-refractivity contribution in [2.24, 2.45) is 0 Å². The molecule has 0 radical (unpaired) electrons. The summed E-state index contributed by atoms with van der Waals surface area (Å²) >= 11 is 0. The van der Waals surface area contributed by atoms with Gasteiger partial charge in [0.25, 0.3) is 0 Å². The Morgan fingerprint density at radius 3 is 2.26 bits per heavy atom. The van der Waals surface area contributed by atoms with E-state index in [1.54, 1.807) is 0 Å². The molecule has 2 nitrogen and oxygen atoms in total. The van der Waals surface area contributed by atoms with Gasteiger partial charge < -0.3 is 9.97 Å². The first-order valence-corrected chi connectivity index (χ1v) is 6.39. The molecule has 2 aromatic heterocycles. The summed E-state index contributed by atoms with van der Waals surface area (Å²) < 4.78 is 0. The van der Waals surface area contributed by atoms with Gasteiger partial charge in [0.2, 0.25) is 0 Å². The van der Waals surface area contributed by atoms with Crippen LogP contribution >= 0.6 is 0 Å². The predicted molar refractivity (Wildman–Crippen MR) is 81.3 cm³/mol. The summed E-state index contributed by atoms with van der Waals surface area (Å²) in [6, 6.07) is 18.7. The van der Waals surface area contributed by atoms with Gasteiger partial charge in [-0.05, 0) is 41.5 Å². The van der Waals surface area contributed by atoms with Crippen LogP contribution in [0.3, 0.4) is 0 Å². The first kappa shape index (κ1) is 11.6. The Hall–Kier alpha value is -2.48. The Labute approximate surface area is 112 Å². The lowest BCUT2D eigenvalue weighted by Crippen LogP contribution is -1.72. The molecule has 0 unspecified atom stereocenters. The minimum Gasteiger partial charge on any atom is -0.361 e. The van der Waals surface area contributed by atoms with Crippen molar-refractivity contribution >= 4 is 21.8 Å². The molecular weight excluding hydrogens is 232 g/mol. The van der Waals surface area contributed by atoms with Gasteiger partial charge in [-0.1, -0.05) is 36.4 Å².